The number of furan rings is 1. The third-order valence-electron chi connectivity index (χ3n) is 7.20. The Kier molecular flexibility index (Phi) is 4.51. The van der Waals surface area contributed by atoms with Crippen molar-refractivity contribution in [2.45, 2.75) is 11.8 Å². The fraction of sp³-hybridized carbons (Fsp3) is 0.214. The number of benzene rings is 3. The molecule has 0 bridgehead atoms. The largest absolute Gasteiger partial charge is 0.491 e. The second-order valence-electron chi connectivity index (χ2n) is 9.15. The predicted octanol–water partition coefficient (Wildman–Crippen LogP) is 4.01. The summed E-state index contributed by atoms with van der Waals surface area (Å²) in [5, 5.41) is 3.84. The fourth-order valence-corrected chi connectivity index (χ4v) is 5.44. The van der Waals surface area contributed by atoms with Crippen molar-refractivity contribution in [1.29, 1.82) is 0 Å². The molecule has 8 nitrogen and oxygen atoms in total. The number of ether oxygens (including phenoxy) is 3. The maximum Gasteiger partial charge on any atom is 0.251 e. The second kappa shape index (κ2) is 7.78. The number of carbonyl (C=O) groups excluding carboxylic acids is 2. The number of carbonyl (C=O) groups is 2. The quantitative estimate of drug-likeness (QED) is 0.433. The van der Waals surface area contributed by atoms with Gasteiger partial charge < -0.3 is 28.8 Å². The summed E-state index contributed by atoms with van der Waals surface area (Å²) in [7, 11) is 0. The minimum absolute atomic E-state index is 0.0296. The number of nitrogens with zero attached hydrogens (tertiary/aromatic N) is 1. The SMILES string of the molecule is O=C(NCCCN1C(=O)C2(COc3cc4c(cc32)OCO4)c2ccccc21)c1ccc2occc2c1. The van der Waals surface area contributed by atoms with Crippen LogP contribution in [0.1, 0.15) is 27.9 Å². The second-order valence-corrected chi connectivity index (χ2v) is 9.15. The Morgan fingerprint density at radius 2 is 1.81 bits per heavy atom. The number of rotatable bonds is 5. The van der Waals surface area contributed by atoms with Gasteiger partial charge in [-0.15, -0.1) is 0 Å². The van der Waals surface area contributed by atoms with Gasteiger partial charge in [-0.25, -0.2) is 0 Å². The van der Waals surface area contributed by atoms with E-state index in [1.807, 2.05) is 41.3 Å². The van der Waals surface area contributed by atoms with Gasteiger partial charge in [0, 0.05) is 41.4 Å². The molecule has 3 aliphatic rings. The molecule has 0 saturated heterocycles. The Labute approximate surface area is 206 Å². The van der Waals surface area contributed by atoms with Gasteiger partial charge in [0.05, 0.1) is 6.26 Å². The summed E-state index contributed by atoms with van der Waals surface area (Å²) in [5.74, 6) is 1.71. The molecule has 1 aromatic heterocycles. The van der Waals surface area contributed by atoms with E-state index < -0.39 is 5.41 Å². The molecule has 0 fully saturated rings. The van der Waals surface area contributed by atoms with E-state index in [1.54, 1.807) is 30.5 Å². The van der Waals surface area contributed by atoms with E-state index in [0.717, 1.165) is 27.8 Å². The van der Waals surface area contributed by atoms with Crippen LogP contribution in [0.5, 0.6) is 17.2 Å². The van der Waals surface area contributed by atoms with Crippen LogP contribution in [0, 0.1) is 0 Å². The summed E-state index contributed by atoms with van der Waals surface area (Å²) >= 11 is 0. The Hall–Kier alpha value is -4.46. The number of nitrogens with one attached hydrogen (secondary N) is 1. The van der Waals surface area contributed by atoms with E-state index in [4.69, 9.17) is 18.6 Å². The summed E-state index contributed by atoms with van der Waals surface area (Å²) in [5.41, 5.74) is 2.99. The molecule has 0 aliphatic carbocycles. The summed E-state index contributed by atoms with van der Waals surface area (Å²) in [6, 6.07) is 18.7. The molecule has 0 radical (unpaired) electrons. The predicted molar refractivity (Wildman–Crippen MR) is 131 cm³/mol. The summed E-state index contributed by atoms with van der Waals surface area (Å²) in [6.45, 7) is 1.29. The molecule has 3 aliphatic heterocycles. The molecule has 1 atom stereocenters. The normalized spacial score (nSPS) is 19.0. The lowest BCUT2D eigenvalue weighted by Gasteiger charge is -2.23. The van der Waals surface area contributed by atoms with Crippen molar-refractivity contribution in [3.05, 3.63) is 83.6 Å². The van der Waals surface area contributed by atoms with Gasteiger partial charge in [-0.3, -0.25) is 9.59 Å². The highest BCUT2D eigenvalue weighted by Gasteiger charge is 2.57. The van der Waals surface area contributed by atoms with E-state index in [1.165, 1.54) is 0 Å². The van der Waals surface area contributed by atoms with Gasteiger partial charge in [0.25, 0.3) is 5.91 Å². The van der Waals surface area contributed by atoms with Crippen molar-refractivity contribution in [2.24, 2.45) is 0 Å². The average molecular weight is 482 g/mol. The Balaban J connectivity index is 1.10. The number of hydrogen-bond donors (Lipinski definition) is 1. The third kappa shape index (κ3) is 2.94. The van der Waals surface area contributed by atoms with Crippen molar-refractivity contribution in [3.8, 4) is 17.2 Å². The highest BCUT2D eigenvalue weighted by Crippen LogP contribution is 2.54. The molecule has 0 saturated carbocycles. The standard InChI is InChI=1S/C28H22N2O6/c31-26(18-6-7-22-17(12-18)8-11-33-22)29-9-3-10-30-21-5-2-1-4-19(21)28(27(30)32)15-34-23-14-25-24(13-20(23)28)35-16-36-25/h1-2,4-8,11-14H,3,9-10,15-16H2,(H,29,31). The molecular weight excluding hydrogens is 460 g/mol. The van der Waals surface area contributed by atoms with Gasteiger partial charge in [-0.1, -0.05) is 18.2 Å². The summed E-state index contributed by atoms with van der Waals surface area (Å²) < 4.78 is 22.4. The smallest absolute Gasteiger partial charge is 0.251 e. The van der Waals surface area contributed by atoms with Crippen LogP contribution in [-0.4, -0.2) is 38.3 Å². The first-order valence-electron chi connectivity index (χ1n) is 11.9. The third-order valence-corrected chi connectivity index (χ3v) is 7.20. The highest BCUT2D eigenvalue weighted by molar-refractivity contribution is 6.11. The van der Waals surface area contributed by atoms with Crippen LogP contribution in [-0.2, 0) is 10.2 Å². The molecule has 3 aromatic carbocycles. The lowest BCUT2D eigenvalue weighted by Crippen LogP contribution is -2.43. The molecule has 2 amide bonds. The van der Waals surface area contributed by atoms with Gasteiger partial charge in [-0.05, 0) is 48.4 Å². The average Bonchev–Trinajstić information content (AvgIpc) is 3.68. The highest BCUT2D eigenvalue weighted by atomic mass is 16.7. The van der Waals surface area contributed by atoms with E-state index in [0.29, 0.717) is 42.3 Å². The van der Waals surface area contributed by atoms with Crippen molar-refractivity contribution in [3.63, 3.8) is 0 Å². The number of para-hydroxylation sites is 1. The van der Waals surface area contributed by atoms with Crippen LogP contribution in [0.25, 0.3) is 11.0 Å². The molecule has 36 heavy (non-hydrogen) atoms. The molecule has 4 aromatic rings. The molecule has 4 heterocycles. The van der Waals surface area contributed by atoms with Crippen LogP contribution in [0.2, 0.25) is 0 Å². The zero-order chi connectivity index (χ0) is 24.3. The first-order chi connectivity index (χ1) is 17.6. The number of anilines is 1. The van der Waals surface area contributed by atoms with Gasteiger partial charge in [0.1, 0.15) is 23.4 Å². The first kappa shape index (κ1) is 20.9. The number of amides is 2. The molecule has 7 rings (SSSR count). The Bertz CT molecular complexity index is 1540. The van der Waals surface area contributed by atoms with Crippen molar-refractivity contribution in [2.75, 3.05) is 31.4 Å². The molecular formula is C28H22N2O6. The lowest BCUT2D eigenvalue weighted by atomic mass is 9.77. The van der Waals surface area contributed by atoms with E-state index in [-0.39, 0.29) is 25.2 Å². The van der Waals surface area contributed by atoms with Crippen molar-refractivity contribution < 1.29 is 28.2 Å². The van der Waals surface area contributed by atoms with Gasteiger partial charge in [-0.2, -0.15) is 0 Å². The Morgan fingerprint density at radius 3 is 2.72 bits per heavy atom. The fourth-order valence-electron chi connectivity index (χ4n) is 5.44. The zero-order valence-electron chi connectivity index (χ0n) is 19.3. The Morgan fingerprint density at radius 1 is 0.944 bits per heavy atom. The molecule has 8 heteroatoms. The summed E-state index contributed by atoms with van der Waals surface area (Å²) in [6.07, 6.45) is 2.20. The van der Waals surface area contributed by atoms with Crippen LogP contribution < -0.4 is 24.4 Å². The molecule has 1 N–H and O–H groups in total. The maximum absolute atomic E-state index is 14.0. The van der Waals surface area contributed by atoms with Crippen LogP contribution in [0.15, 0.2) is 71.3 Å². The zero-order valence-corrected chi connectivity index (χ0v) is 19.3. The van der Waals surface area contributed by atoms with Gasteiger partial charge in [0.15, 0.2) is 11.5 Å². The van der Waals surface area contributed by atoms with Crippen molar-refractivity contribution >= 4 is 28.5 Å². The minimum atomic E-state index is -0.920. The van der Waals surface area contributed by atoms with E-state index >= 15 is 0 Å². The number of fused-ring (bicyclic) bond motifs is 6. The van der Waals surface area contributed by atoms with Gasteiger partial charge >= 0.3 is 0 Å². The molecule has 180 valence electrons. The molecule has 1 spiro atoms. The van der Waals surface area contributed by atoms with Crippen molar-refractivity contribution in [1.82, 2.24) is 5.32 Å². The molecule has 1 unspecified atom stereocenters. The van der Waals surface area contributed by atoms with E-state index in [2.05, 4.69) is 5.32 Å². The topological polar surface area (TPSA) is 90.2 Å². The minimum Gasteiger partial charge on any atom is -0.491 e. The van der Waals surface area contributed by atoms with Crippen LogP contribution in [0.3, 0.4) is 0 Å². The van der Waals surface area contributed by atoms with Crippen LogP contribution in [0.4, 0.5) is 5.69 Å². The van der Waals surface area contributed by atoms with E-state index in [9.17, 15) is 9.59 Å². The monoisotopic (exact) mass is 482 g/mol. The maximum atomic E-state index is 14.0. The number of hydrogen-bond acceptors (Lipinski definition) is 6. The summed E-state index contributed by atoms with van der Waals surface area (Å²) in [4.78, 5) is 28.4. The van der Waals surface area contributed by atoms with Gasteiger partial charge in [0.2, 0.25) is 12.7 Å². The first-order valence-corrected chi connectivity index (χ1v) is 11.9. The van der Waals surface area contributed by atoms with Crippen LogP contribution >= 0.6 is 0 Å². The lowest BCUT2D eigenvalue weighted by molar-refractivity contribution is -0.122.